The van der Waals surface area contributed by atoms with E-state index in [-0.39, 0.29) is 5.56 Å². The minimum atomic E-state index is -0.560. The van der Waals surface area contributed by atoms with Gasteiger partial charge in [-0.15, -0.1) is 0 Å². The Bertz CT molecular complexity index is 630. The summed E-state index contributed by atoms with van der Waals surface area (Å²) in [7, 11) is 1.82. The standard InChI is InChI=1S/C11H11ClN4O/c1-16-11-7(9(15-16)5-2-3-5)8(12)6(4-14-11)10(13)17/h4-5H,2-3H2,1H3,(H2,13,17). The number of rotatable bonds is 2. The van der Waals surface area contributed by atoms with Crippen LogP contribution in [0, 0.1) is 0 Å². The highest BCUT2D eigenvalue weighted by molar-refractivity contribution is 6.38. The Kier molecular flexibility index (Phi) is 2.13. The van der Waals surface area contributed by atoms with Crippen molar-refractivity contribution in [2.24, 2.45) is 12.8 Å². The maximum absolute atomic E-state index is 11.2. The number of nitrogens with two attached hydrogens (primary N) is 1. The first-order chi connectivity index (χ1) is 8.09. The van der Waals surface area contributed by atoms with Crippen LogP contribution in [0.15, 0.2) is 6.20 Å². The molecule has 2 heterocycles. The van der Waals surface area contributed by atoms with Crippen molar-refractivity contribution in [3.8, 4) is 0 Å². The molecule has 1 aliphatic carbocycles. The predicted octanol–water partition coefficient (Wildman–Crippen LogP) is 1.60. The number of halogens is 1. The lowest BCUT2D eigenvalue weighted by molar-refractivity contribution is 0.100. The molecular formula is C11H11ClN4O. The summed E-state index contributed by atoms with van der Waals surface area (Å²) < 4.78 is 1.69. The molecule has 2 aromatic rings. The topological polar surface area (TPSA) is 73.8 Å². The Morgan fingerprint density at radius 1 is 1.59 bits per heavy atom. The van der Waals surface area contributed by atoms with E-state index in [4.69, 9.17) is 17.3 Å². The van der Waals surface area contributed by atoms with E-state index >= 15 is 0 Å². The summed E-state index contributed by atoms with van der Waals surface area (Å²) in [5, 5.41) is 5.57. The third kappa shape index (κ3) is 1.50. The molecule has 0 unspecified atom stereocenters. The van der Waals surface area contributed by atoms with Crippen LogP contribution in [0.3, 0.4) is 0 Å². The summed E-state index contributed by atoms with van der Waals surface area (Å²) in [6, 6.07) is 0. The molecule has 1 saturated carbocycles. The summed E-state index contributed by atoms with van der Waals surface area (Å²) >= 11 is 6.23. The minimum Gasteiger partial charge on any atom is -0.366 e. The summed E-state index contributed by atoms with van der Waals surface area (Å²) in [5.41, 5.74) is 7.15. The zero-order valence-electron chi connectivity index (χ0n) is 9.27. The number of primary amides is 1. The van der Waals surface area contributed by atoms with Crippen molar-refractivity contribution in [1.29, 1.82) is 0 Å². The Morgan fingerprint density at radius 3 is 2.88 bits per heavy atom. The van der Waals surface area contributed by atoms with Gasteiger partial charge in [0.2, 0.25) is 0 Å². The lowest BCUT2D eigenvalue weighted by atomic mass is 10.1. The second-order valence-electron chi connectivity index (χ2n) is 4.33. The monoisotopic (exact) mass is 250 g/mol. The van der Waals surface area contributed by atoms with Crippen LogP contribution in [0.5, 0.6) is 0 Å². The van der Waals surface area contributed by atoms with Gasteiger partial charge in [0.1, 0.15) is 0 Å². The van der Waals surface area contributed by atoms with Gasteiger partial charge in [0, 0.05) is 19.2 Å². The zero-order valence-corrected chi connectivity index (χ0v) is 10.0. The van der Waals surface area contributed by atoms with Crippen LogP contribution in [-0.4, -0.2) is 20.7 Å². The van der Waals surface area contributed by atoms with E-state index in [2.05, 4.69) is 10.1 Å². The van der Waals surface area contributed by atoms with Crippen molar-refractivity contribution in [2.75, 3.05) is 0 Å². The molecule has 5 nitrogen and oxygen atoms in total. The molecule has 2 N–H and O–H groups in total. The molecule has 0 bridgehead atoms. The molecule has 6 heteroatoms. The molecule has 0 aromatic carbocycles. The smallest absolute Gasteiger partial charge is 0.251 e. The number of amides is 1. The molecular weight excluding hydrogens is 240 g/mol. The molecule has 2 aromatic heterocycles. The average molecular weight is 251 g/mol. The van der Waals surface area contributed by atoms with Crippen LogP contribution in [0.2, 0.25) is 5.02 Å². The van der Waals surface area contributed by atoms with E-state index in [1.165, 1.54) is 6.20 Å². The molecule has 0 saturated heterocycles. The van der Waals surface area contributed by atoms with Crippen molar-refractivity contribution in [3.05, 3.63) is 22.5 Å². The fourth-order valence-electron chi connectivity index (χ4n) is 2.03. The van der Waals surface area contributed by atoms with Gasteiger partial charge in [-0.05, 0) is 12.8 Å². The third-order valence-electron chi connectivity index (χ3n) is 3.05. The van der Waals surface area contributed by atoms with Gasteiger partial charge in [-0.3, -0.25) is 9.48 Å². The molecule has 1 amide bonds. The molecule has 0 aliphatic heterocycles. The Morgan fingerprint density at radius 2 is 2.29 bits per heavy atom. The van der Waals surface area contributed by atoms with Crippen LogP contribution in [0.4, 0.5) is 0 Å². The highest BCUT2D eigenvalue weighted by atomic mass is 35.5. The fourth-order valence-corrected chi connectivity index (χ4v) is 2.35. The molecule has 0 atom stereocenters. The maximum Gasteiger partial charge on any atom is 0.251 e. The number of pyridine rings is 1. The van der Waals surface area contributed by atoms with Gasteiger partial charge >= 0.3 is 0 Å². The lowest BCUT2D eigenvalue weighted by Gasteiger charge is -2.01. The van der Waals surface area contributed by atoms with Gasteiger partial charge < -0.3 is 5.73 Å². The second-order valence-corrected chi connectivity index (χ2v) is 4.71. The summed E-state index contributed by atoms with van der Waals surface area (Å²) in [5.74, 6) is -0.115. The SMILES string of the molecule is Cn1nc(C2CC2)c2c(Cl)c(C(N)=O)cnc21. The van der Waals surface area contributed by atoms with Crippen molar-refractivity contribution in [3.63, 3.8) is 0 Å². The van der Waals surface area contributed by atoms with Crippen molar-refractivity contribution < 1.29 is 4.79 Å². The van der Waals surface area contributed by atoms with Crippen molar-refractivity contribution in [1.82, 2.24) is 14.8 Å². The number of aromatic nitrogens is 3. The van der Waals surface area contributed by atoms with Gasteiger partial charge in [0.05, 0.1) is 21.7 Å². The van der Waals surface area contributed by atoms with Crippen LogP contribution < -0.4 is 5.73 Å². The highest BCUT2D eigenvalue weighted by Crippen LogP contribution is 2.44. The Hall–Kier alpha value is -1.62. The first-order valence-electron chi connectivity index (χ1n) is 5.40. The molecule has 17 heavy (non-hydrogen) atoms. The van der Waals surface area contributed by atoms with Crippen molar-refractivity contribution in [2.45, 2.75) is 18.8 Å². The predicted molar refractivity (Wildman–Crippen MR) is 64.0 cm³/mol. The molecule has 1 fully saturated rings. The lowest BCUT2D eigenvalue weighted by Crippen LogP contribution is -2.12. The number of carbonyl (C=O) groups is 1. The largest absolute Gasteiger partial charge is 0.366 e. The van der Waals surface area contributed by atoms with E-state index in [1.807, 2.05) is 7.05 Å². The normalized spacial score (nSPS) is 15.4. The summed E-state index contributed by atoms with van der Waals surface area (Å²) in [6.07, 6.45) is 3.64. The van der Waals surface area contributed by atoms with E-state index in [0.29, 0.717) is 16.6 Å². The van der Waals surface area contributed by atoms with Gasteiger partial charge in [-0.2, -0.15) is 5.10 Å². The van der Waals surface area contributed by atoms with Crippen LogP contribution in [0.1, 0.15) is 34.8 Å². The van der Waals surface area contributed by atoms with Gasteiger partial charge in [-0.1, -0.05) is 11.6 Å². The maximum atomic E-state index is 11.2. The first-order valence-corrected chi connectivity index (χ1v) is 5.78. The Balaban J connectivity index is 2.36. The summed E-state index contributed by atoms with van der Waals surface area (Å²) in [4.78, 5) is 15.4. The number of aryl methyl sites for hydroxylation is 1. The summed E-state index contributed by atoms with van der Waals surface area (Å²) in [6.45, 7) is 0. The number of hydrogen-bond acceptors (Lipinski definition) is 3. The number of hydrogen-bond donors (Lipinski definition) is 1. The fraction of sp³-hybridized carbons (Fsp3) is 0.364. The van der Waals surface area contributed by atoms with E-state index in [9.17, 15) is 4.79 Å². The second kappa shape index (κ2) is 3.43. The van der Waals surface area contributed by atoms with E-state index in [1.54, 1.807) is 4.68 Å². The van der Waals surface area contributed by atoms with Crippen molar-refractivity contribution >= 4 is 28.5 Å². The zero-order chi connectivity index (χ0) is 12.2. The quantitative estimate of drug-likeness (QED) is 0.880. The van der Waals surface area contributed by atoms with Crippen LogP contribution >= 0.6 is 11.6 Å². The van der Waals surface area contributed by atoms with Gasteiger partial charge in [0.15, 0.2) is 5.65 Å². The molecule has 0 spiro atoms. The number of nitrogens with zero attached hydrogens (tertiary/aromatic N) is 3. The minimum absolute atomic E-state index is 0.258. The molecule has 3 rings (SSSR count). The van der Waals surface area contributed by atoms with Crippen LogP contribution in [-0.2, 0) is 7.05 Å². The van der Waals surface area contributed by atoms with E-state index in [0.717, 1.165) is 23.9 Å². The van der Waals surface area contributed by atoms with E-state index < -0.39 is 5.91 Å². The first kappa shape index (κ1) is 10.5. The average Bonchev–Trinajstić information content (AvgIpc) is 3.05. The number of carbonyl (C=O) groups excluding carboxylic acids is 1. The number of fused-ring (bicyclic) bond motifs is 1. The van der Waals surface area contributed by atoms with Gasteiger partial charge in [0.25, 0.3) is 5.91 Å². The Labute approximate surface area is 103 Å². The van der Waals surface area contributed by atoms with Crippen LogP contribution in [0.25, 0.3) is 11.0 Å². The van der Waals surface area contributed by atoms with Gasteiger partial charge in [-0.25, -0.2) is 4.98 Å². The molecule has 88 valence electrons. The molecule has 0 radical (unpaired) electrons. The highest BCUT2D eigenvalue weighted by Gasteiger charge is 2.31. The molecule has 1 aliphatic rings. The third-order valence-corrected chi connectivity index (χ3v) is 3.44.